The number of nitrogens with zero attached hydrogens (tertiary/aromatic N) is 3. The zero-order chi connectivity index (χ0) is 23.4. The first kappa shape index (κ1) is 23.1. The van der Waals surface area contributed by atoms with E-state index in [-0.39, 0.29) is 0 Å². The Kier molecular flexibility index (Phi) is 7.19. The topological polar surface area (TPSA) is 116 Å². The molecule has 4 rings (SSSR count). The summed E-state index contributed by atoms with van der Waals surface area (Å²) in [5.41, 5.74) is 2.89. The molecule has 3 aromatic rings. The fraction of sp³-hybridized carbons (Fsp3) is 0.273. The van der Waals surface area contributed by atoms with E-state index in [9.17, 15) is 4.79 Å². The predicted octanol–water partition coefficient (Wildman–Crippen LogP) is 4.78. The van der Waals surface area contributed by atoms with Crippen molar-refractivity contribution in [3.63, 3.8) is 0 Å². The summed E-state index contributed by atoms with van der Waals surface area (Å²) < 4.78 is 18.2. The second kappa shape index (κ2) is 10.3. The van der Waals surface area contributed by atoms with Crippen LogP contribution < -0.4 is 19.5 Å². The zero-order valence-corrected chi connectivity index (χ0v) is 20.3. The maximum atomic E-state index is 10.9. The van der Waals surface area contributed by atoms with Crippen LogP contribution in [0.4, 0.5) is 5.69 Å². The Hall–Kier alpha value is -3.05. The van der Waals surface area contributed by atoms with Crippen molar-refractivity contribution in [1.29, 1.82) is 0 Å². The molecule has 0 bridgehead atoms. The standard InChI is InChI=1S/C22H21BrN4O5S/c1-3-30-17-9-12(5-8-16(17)31-11-18(28)29)20-24-15-7-6-13(23)10-14(15)19-21(32-20)25-22(27-26-19)33-4-2/h5-10,20,24H,3-4,11H2,1-2H3,(H,28,29). The van der Waals surface area contributed by atoms with Crippen LogP contribution in [0.5, 0.6) is 17.4 Å². The molecular formula is C22H21BrN4O5S. The molecule has 9 nitrogen and oxygen atoms in total. The van der Waals surface area contributed by atoms with Gasteiger partial charge in [0.15, 0.2) is 30.0 Å². The normalized spacial score (nSPS) is 14.2. The van der Waals surface area contributed by atoms with Gasteiger partial charge < -0.3 is 24.6 Å². The number of nitrogens with one attached hydrogen (secondary N) is 1. The molecule has 2 heterocycles. The van der Waals surface area contributed by atoms with Crippen LogP contribution >= 0.6 is 27.7 Å². The van der Waals surface area contributed by atoms with Gasteiger partial charge in [0, 0.05) is 21.3 Å². The summed E-state index contributed by atoms with van der Waals surface area (Å²) in [4.78, 5) is 15.5. The summed E-state index contributed by atoms with van der Waals surface area (Å²) >= 11 is 4.99. The summed E-state index contributed by atoms with van der Waals surface area (Å²) in [5, 5.41) is 21.5. The Morgan fingerprint density at radius 1 is 1.18 bits per heavy atom. The van der Waals surface area contributed by atoms with Crippen LogP contribution in [0.2, 0.25) is 0 Å². The Bertz CT molecular complexity index is 1180. The van der Waals surface area contributed by atoms with Gasteiger partial charge in [-0.2, -0.15) is 4.98 Å². The molecule has 0 radical (unpaired) electrons. The van der Waals surface area contributed by atoms with Gasteiger partial charge in [-0.3, -0.25) is 0 Å². The molecule has 2 N–H and O–H groups in total. The Morgan fingerprint density at radius 2 is 2.03 bits per heavy atom. The van der Waals surface area contributed by atoms with Crippen LogP contribution in [0.1, 0.15) is 25.6 Å². The number of carboxylic acids is 1. The molecule has 33 heavy (non-hydrogen) atoms. The third kappa shape index (κ3) is 5.31. The molecule has 1 atom stereocenters. The van der Waals surface area contributed by atoms with Crippen molar-refractivity contribution >= 4 is 39.3 Å². The number of carboxylic acid groups (broad SMARTS) is 1. The molecule has 11 heteroatoms. The number of ether oxygens (including phenoxy) is 3. The van der Waals surface area contributed by atoms with Gasteiger partial charge in [0.1, 0.15) is 0 Å². The SMILES string of the molecule is CCOc1cc(C2Nc3ccc(Br)cc3-c3nnc(SCC)nc3O2)ccc1OCC(=O)O. The van der Waals surface area contributed by atoms with Crippen LogP contribution in [0.3, 0.4) is 0 Å². The van der Waals surface area contributed by atoms with Gasteiger partial charge in [0.05, 0.1) is 6.61 Å². The average molecular weight is 533 g/mol. The molecule has 172 valence electrons. The lowest BCUT2D eigenvalue weighted by atomic mass is 10.1. The molecule has 1 aliphatic heterocycles. The molecule has 1 unspecified atom stereocenters. The molecule has 0 aliphatic carbocycles. The number of aliphatic carboxylic acids is 1. The largest absolute Gasteiger partial charge is 0.490 e. The van der Waals surface area contributed by atoms with Crippen molar-refractivity contribution in [1.82, 2.24) is 15.2 Å². The van der Waals surface area contributed by atoms with Crippen molar-refractivity contribution in [2.45, 2.75) is 25.2 Å². The summed E-state index contributed by atoms with van der Waals surface area (Å²) in [6, 6.07) is 11.0. The lowest BCUT2D eigenvalue weighted by Gasteiger charge is -2.21. The second-order valence-electron chi connectivity index (χ2n) is 6.83. The minimum atomic E-state index is -1.07. The third-order valence-electron chi connectivity index (χ3n) is 4.58. The first-order valence-electron chi connectivity index (χ1n) is 10.2. The minimum Gasteiger partial charge on any atom is -0.490 e. The van der Waals surface area contributed by atoms with Gasteiger partial charge in [-0.25, -0.2) is 4.79 Å². The molecule has 0 saturated heterocycles. The molecule has 0 fully saturated rings. The monoisotopic (exact) mass is 532 g/mol. The zero-order valence-electron chi connectivity index (χ0n) is 17.9. The fourth-order valence-electron chi connectivity index (χ4n) is 3.23. The van der Waals surface area contributed by atoms with Gasteiger partial charge in [0.25, 0.3) is 0 Å². The van der Waals surface area contributed by atoms with Crippen LogP contribution in [0.25, 0.3) is 11.3 Å². The summed E-state index contributed by atoms with van der Waals surface area (Å²) in [6.45, 7) is 3.78. The molecular weight excluding hydrogens is 512 g/mol. The Balaban J connectivity index is 1.75. The van der Waals surface area contributed by atoms with Crippen LogP contribution in [0, 0.1) is 0 Å². The maximum Gasteiger partial charge on any atom is 0.341 e. The molecule has 0 amide bonds. The number of anilines is 1. The van der Waals surface area contributed by atoms with Gasteiger partial charge in [-0.05, 0) is 49.1 Å². The van der Waals surface area contributed by atoms with E-state index < -0.39 is 18.8 Å². The van der Waals surface area contributed by atoms with Gasteiger partial charge >= 0.3 is 5.97 Å². The molecule has 2 aromatic carbocycles. The molecule has 0 spiro atoms. The maximum absolute atomic E-state index is 10.9. The van der Waals surface area contributed by atoms with E-state index in [1.807, 2.05) is 32.0 Å². The number of rotatable bonds is 8. The lowest BCUT2D eigenvalue weighted by molar-refractivity contribution is -0.139. The van der Waals surface area contributed by atoms with Crippen molar-refractivity contribution in [3.05, 3.63) is 46.4 Å². The number of thioether (sulfide) groups is 1. The van der Waals surface area contributed by atoms with Crippen LogP contribution in [-0.4, -0.2) is 45.2 Å². The third-order valence-corrected chi connectivity index (χ3v) is 5.80. The highest BCUT2D eigenvalue weighted by atomic mass is 79.9. The van der Waals surface area contributed by atoms with Crippen molar-refractivity contribution in [2.75, 3.05) is 24.3 Å². The second-order valence-corrected chi connectivity index (χ2v) is 8.98. The van der Waals surface area contributed by atoms with E-state index in [4.69, 9.17) is 19.3 Å². The quantitative estimate of drug-likeness (QED) is 0.392. The summed E-state index contributed by atoms with van der Waals surface area (Å²) in [7, 11) is 0. The van der Waals surface area contributed by atoms with E-state index in [2.05, 4.69) is 36.4 Å². The Labute approximate surface area is 203 Å². The van der Waals surface area contributed by atoms with Crippen LogP contribution in [0.15, 0.2) is 46.0 Å². The Morgan fingerprint density at radius 3 is 2.79 bits per heavy atom. The lowest BCUT2D eigenvalue weighted by Crippen LogP contribution is -2.17. The number of benzene rings is 2. The molecule has 1 aliphatic rings. The smallest absolute Gasteiger partial charge is 0.341 e. The number of carbonyl (C=O) groups is 1. The number of hydrogen-bond donors (Lipinski definition) is 2. The van der Waals surface area contributed by atoms with E-state index in [1.54, 1.807) is 18.2 Å². The summed E-state index contributed by atoms with van der Waals surface area (Å²) in [5.74, 6) is 0.860. The predicted molar refractivity (Wildman–Crippen MR) is 127 cm³/mol. The number of fused-ring (bicyclic) bond motifs is 3. The first-order valence-corrected chi connectivity index (χ1v) is 12.0. The van der Waals surface area contributed by atoms with Gasteiger partial charge in [-0.1, -0.05) is 34.6 Å². The number of aromatic nitrogens is 3. The van der Waals surface area contributed by atoms with Gasteiger partial charge in [0.2, 0.25) is 11.0 Å². The highest BCUT2D eigenvalue weighted by molar-refractivity contribution is 9.10. The van der Waals surface area contributed by atoms with Crippen molar-refractivity contribution < 1.29 is 24.1 Å². The first-order chi connectivity index (χ1) is 16.0. The van der Waals surface area contributed by atoms with E-state index in [1.165, 1.54) is 11.8 Å². The van der Waals surface area contributed by atoms with Crippen LogP contribution in [-0.2, 0) is 4.79 Å². The number of halogens is 1. The van der Waals surface area contributed by atoms with Gasteiger partial charge in [-0.15, -0.1) is 10.2 Å². The molecule has 0 saturated carbocycles. The van der Waals surface area contributed by atoms with E-state index >= 15 is 0 Å². The van der Waals surface area contributed by atoms with E-state index in [0.29, 0.717) is 34.8 Å². The highest BCUT2D eigenvalue weighted by Gasteiger charge is 2.27. The summed E-state index contributed by atoms with van der Waals surface area (Å²) in [6.07, 6.45) is -0.616. The van der Waals surface area contributed by atoms with Crippen molar-refractivity contribution in [3.8, 4) is 28.6 Å². The number of hydrogen-bond acceptors (Lipinski definition) is 9. The fourth-order valence-corrected chi connectivity index (χ4v) is 4.09. The average Bonchev–Trinajstić information content (AvgIpc) is 2.95. The van der Waals surface area contributed by atoms with E-state index in [0.717, 1.165) is 27.0 Å². The molecule has 1 aromatic heterocycles. The highest BCUT2D eigenvalue weighted by Crippen LogP contribution is 2.42. The van der Waals surface area contributed by atoms with Crippen molar-refractivity contribution in [2.24, 2.45) is 0 Å². The minimum absolute atomic E-state index is 0.340.